The van der Waals surface area contributed by atoms with Gasteiger partial charge in [-0.1, -0.05) is 23.6 Å². The summed E-state index contributed by atoms with van der Waals surface area (Å²) in [6, 6.07) is 6.57. The quantitative estimate of drug-likeness (QED) is 0.320. The van der Waals surface area contributed by atoms with Crippen LogP contribution in [-0.2, 0) is 11.6 Å². The first-order valence-corrected chi connectivity index (χ1v) is 16.9. The third-order valence-corrected chi connectivity index (χ3v) is 3.31. The average Bonchev–Trinajstić information content (AvgIpc) is 2.71. The number of rotatable bonds is 0. The Hall–Kier alpha value is 0.984. The minimum absolute atomic E-state index is 0.896. The normalized spacial score (nSPS) is 10.1. The van der Waals surface area contributed by atoms with Gasteiger partial charge >= 0.3 is 51.1 Å². The Labute approximate surface area is 129 Å². The van der Waals surface area contributed by atoms with Gasteiger partial charge in [0.25, 0.3) is 0 Å². The van der Waals surface area contributed by atoms with Gasteiger partial charge in [0.2, 0.25) is 0 Å². The molecule has 0 unspecified atom stereocenters. The Morgan fingerprint density at radius 2 is 1.35 bits per heavy atom. The van der Waals surface area contributed by atoms with Gasteiger partial charge in [-0.3, -0.25) is 0 Å². The number of benzene rings is 1. The molecule has 0 bridgehead atoms. The second-order valence-corrected chi connectivity index (χ2v) is 27.7. The third-order valence-electron chi connectivity index (χ3n) is 3.31. The van der Waals surface area contributed by atoms with E-state index in [9.17, 15) is 0 Å². The molecule has 0 aliphatic carbocycles. The summed E-state index contributed by atoms with van der Waals surface area (Å²) in [5.74, 6) is 0. The van der Waals surface area contributed by atoms with Crippen molar-refractivity contribution in [2.75, 3.05) is 0 Å². The summed E-state index contributed by atoms with van der Waals surface area (Å²) in [7, 11) is 0. The minimum atomic E-state index is -0.896. The molecular formula is C13H15Br3Ti. The molecule has 92 valence electrons. The van der Waals surface area contributed by atoms with E-state index < -0.39 is 11.6 Å². The third kappa shape index (κ3) is 3.97. The summed E-state index contributed by atoms with van der Waals surface area (Å²) in [4.78, 5) is 0. The zero-order chi connectivity index (χ0) is 13.2. The van der Waals surface area contributed by atoms with Crippen molar-refractivity contribution >= 4 is 50.3 Å². The number of aryl methyl sites for hydroxylation is 2. The van der Waals surface area contributed by atoms with Crippen molar-refractivity contribution in [3.63, 3.8) is 0 Å². The predicted octanol–water partition coefficient (Wildman–Crippen LogP) is 6.33. The van der Waals surface area contributed by atoms with Gasteiger partial charge in [-0.25, -0.2) is 0 Å². The molecule has 0 amide bonds. The molecule has 2 aromatic rings. The van der Waals surface area contributed by atoms with Crippen LogP contribution in [0.4, 0.5) is 0 Å². The monoisotopic (exact) mass is 456 g/mol. The molecule has 0 radical (unpaired) electrons. The van der Waals surface area contributed by atoms with Crippen LogP contribution < -0.4 is 0 Å². The molecule has 0 saturated carbocycles. The molecule has 0 nitrogen and oxygen atoms in total. The Morgan fingerprint density at radius 3 is 1.88 bits per heavy atom. The summed E-state index contributed by atoms with van der Waals surface area (Å²) in [5.41, 5.74) is 5.75. The number of hydrogen-bond donors (Lipinski definition) is 0. The number of halogens is 3. The number of hydrogen-bond acceptors (Lipinski definition) is 0. The molecule has 17 heavy (non-hydrogen) atoms. The second-order valence-electron chi connectivity index (χ2n) is 4.07. The average molecular weight is 459 g/mol. The molecule has 0 spiro atoms. The second kappa shape index (κ2) is 6.95. The van der Waals surface area contributed by atoms with E-state index in [-0.39, 0.29) is 0 Å². The standard InChI is InChI=1S/C13H15.3BrH.Ti/c1-8-9(2)11(4)13-7-5-6-12(13)10(8)3;;;;/h5-7H,1-4H3;3*1H;/q-1;;;;+4/p-3. The fraction of sp³-hybridized carbons (Fsp3) is 0.308. The molecule has 0 heterocycles. The van der Waals surface area contributed by atoms with Crippen LogP contribution in [-0.4, -0.2) is 0 Å². The van der Waals surface area contributed by atoms with E-state index in [1.165, 1.54) is 33.0 Å². The first-order valence-electron chi connectivity index (χ1n) is 5.31. The predicted molar refractivity (Wildman–Crippen MR) is 85.3 cm³/mol. The maximum atomic E-state index is 3.27. The Morgan fingerprint density at radius 1 is 0.882 bits per heavy atom. The van der Waals surface area contributed by atoms with E-state index >= 15 is 0 Å². The Bertz CT molecular complexity index is 470. The first kappa shape index (κ1) is 16.0. The van der Waals surface area contributed by atoms with E-state index in [4.69, 9.17) is 0 Å². The molecule has 2 aromatic carbocycles. The summed E-state index contributed by atoms with van der Waals surface area (Å²) in [6.45, 7) is 8.85. The molecule has 0 aliphatic heterocycles. The fourth-order valence-corrected chi connectivity index (χ4v) is 2.04. The van der Waals surface area contributed by atoms with Gasteiger partial charge in [-0.05, 0) is 20.8 Å². The first-order chi connectivity index (χ1) is 7.86. The molecule has 0 aliphatic rings. The van der Waals surface area contributed by atoms with Gasteiger partial charge in [-0.15, -0.1) is 22.4 Å². The van der Waals surface area contributed by atoms with Crippen molar-refractivity contribution in [2.24, 2.45) is 0 Å². The van der Waals surface area contributed by atoms with Gasteiger partial charge in [0, 0.05) is 0 Å². The van der Waals surface area contributed by atoms with E-state index in [1.54, 1.807) is 0 Å². The van der Waals surface area contributed by atoms with Crippen LogP contribution in [0.25, 0.3) is 10.8 Å². The fourth-order valence-electron chi connectivity index (χ4n) is 2.04. The van der Waals surface area contributed by atoms with Crippen LogP contribution in [0.15, 0.2) is 18.2 Å². The molecule has 0 atom stereocenters. The van der Waals surface area contributed by atoms with E-state index in [1.807, 2.05) is 0 Å². The van der Waals surface area contributed by atoms with Crippen LogP contribution in [0, 0.1) is 27.7 Å². The summed E-state index contributed by atoms with van der Waals surface area (Å²) >= 11 is 8.92. The molecule has 0 N–H and O–H groups in total. The Kier molecular flexibility index (Phi) is 6.56. The van der Waals surface area contributed by atoms with Gasteiger partial charge in [0.15, 0.2) is 0 Å². The van der Waals surface area contributed by atoms with Crippen LogP contribution in [0.3, 0.4) is 0 Å². The van der Waals surface area contributed by atoms with E-state index in [0.717, 1.165) is 0 Å². The van der Waals surface area contributed by atoms with Crippen molar-refractivity contribution in [1.82, 2.24) is 0 Å². The van der Waals surface area contributed by atoms with Crippen molar-refractivity contribution < 1.29 is 11.6 Å². The molecule has 2 rings (SSSR count). The summed E-state index contributed by atoms with van der Waals surface area (Å²) in [6.07, 6.45) is 0. The van der Waals surface area contributed by atoms with Gasteiger partial charge in [-0.2, -0.15) is 12.1 Å². The van der Waals surface area contributed by atoms with Crippen LogP contribution in [0.1, 0.15) is 22.3 Å². The van der Waals surface area contributed by atoms with E-state index in [2.05, 4.69) is 85.4 Å². The zero-order valence-corrected chi connectivity index (χ0v) is 16.7. The molecular weight excluding hydrogens is 444 g/mol. The molecule has 0 saturated heterocycles. The molecule has 4 heteroatoms. The Balaban J connectivity index is 0.000000317. The van der Waals surface area contributed by atoms with Crippen molar-refractivity contribution in [1.29, 1.82) is 0 Å². The summed E-state index contributed by atoms with van der Waals surface area (Å²) in [5, 5.41) is 2.83. The van der Waals surface area contributed by atoms with Crippen molar-refractivity contribution in [2.45, 2.75) is 27.7 Å². The van der Waals surface area contributed by atoms with Gasteiger partial charge in [0.1, 0.15) is 0 Å². The van der Waals surface area contributed by atoms with Crippen LogP contribution in [0.2, 0.25) is 0 Å². The SMILES string of the molecule is Cc1c(C)c(C)c2[cH-]ccc2c1C.[Br][Ti+]([Br])[Br]. The van der Waals surface area contributed by atoms with Crippen LogP contribution in [0.5, 0.6) is 0 Å². The van der Waals surface area contributed by atoms with Crippen molar-refractivity contribution in [3.8, 4) is 0 Å². The van der Waals surface area contributed by atoms with Gasteiger partial charge < -0.3 is 0 Å². The summed E-state index contributed by atoms with van der Waals surface area (Å²) < 4.78 is 0. The van der Waals surface area contributed by atoms with Gasteiger partial charge in [0.05, 0.1) is 0 Å². The van der Waals surface area contributed by atoms with Crippen LogP contribution >= 0.6 is 39.5 Å². The molecule has 0 aromatic heterocycles. The topological polar surface area (TPSA) is 0 Å². The molecule has 0 fully saturated rings. The van der Waals surface area contributed by atoms with Crippen molar-refractivity contribution in [3.05, 3.63) is 40.5 Å². The maximum absolute atomic E-state index is 3.27. The zero-order valence-electron chi connectivity index (χ0n) is 10.4. The number of fused-ring (bicyclic) bond motifs is 1. The van der Waals surface area contributed by atoms with E-state index in [0.29, 0.717) is 0 Å².